The van der Waals surface area contributed by atoms with Crippen molar-refractivity contribution < 1.29 is 26.7 Å². The standard InChI is InChI=1S/C24H27F5O/c1-2-3-4-5-16-6-8-17(9-7-16)18-10-12-19(13-11-18)20-14-21(25)23(22(26)15-20)30-24(27,28)29/h10-17H,2-9H2,1H3. The van der Waals surface area contributed by atoms with Crippen LogP contribution in [0.1, 0.15) is 69.8 Å². The molecule has 2 aromatic carbocycles. The third kappa shape index (κ3) is 5.96. The molecule has 1 aliphatic rings. The summed E-state index contributed by atoms with van der Waals surface area (Å²) in [6.07, 6.45) is 4.75. The summed E-state index contributed by atoms with van der Waals surface area (Å²) in [6.45, 7) is 2.22. The van der Waals surface area contributed by atoms with Gasteiger partial charge in [-0.25, -0.2) is 8.78 Å². The Hall–Kier alpha value is -2.11. The summed E-state index contributed by atoms with van der Waals surface area (Å²) in [7, 11) is 0. The van der Waals surface area contributed by atoms with Crippen LogP contribution in [0, 0.1) is 17.6 Å². The van der Waals surface area contributed by atoms with Gasteiger partial charge >= 0.3 is 6.36 Å². The van der Waals surface area contributed by atoms with E-state index in [1.165, 1.54) is 44.1 Å². The molecule has 1 nitrogen and oxygen atoms in total. The van der Waals surface area contributed by atoms with Crippen LogP contribution in [0.5, 0.6) is 5.75 Å². The maximum absolute atomic E-state index is 14.0. The van der Waals surface area contributed by atoms with Gasteiger partial charge in [0.1, 0.15) is 0 Å². The average Bonchev–Trinajstić information content (AvgIpc) is 2.71. The molecule has 1 fully saturated rings. The lowest BCUT2D eigenvalue weighted by Gasteiger charge is -2.29. The van der Waals surface area contributed by atoms with Gasteiger partial charge in [-0.2, -0.15) is 0 Å². The molecule has 0 unspecified atom stereocenters. The topological polar surface area (TPSA) is 9.23 Å². The van der Waals surface area contributed by atoms with E-state index in [1.54, 1.807) is 12.1 Å². The molecular formula is C24H27F5O. The molecule has 0 aliphatic heterocycles. The van der Waals surface area contributed by atoms with Crippen molar-refractivity contribution in [2.45, 2.75) is 70.6 Å². The lowest BCUT2D eigenvalue weighted by molar-refractivity contribution is -0.276. The highest BCUT2D eigenvalue weighted by molar-refractivity contribution is 5.65. The molecule has 164 valence electrons. The first-order valence-corrected chi connectivity index (χ1v) is 10.6. The van der Waals surface area contributed by atoms with E-state index in [1.807, 2.05) is 12.1 Å². The number of unbranched alkanes of at least 4 members (excludes halogenated alkanes) is 2. The summed E-state index contributed by atoms with van der Waals surface area (Å²) >= 11 is 0. The zero-order valence-corrected chi connectivity index (χ0v) is 17.1. The number of ether oxygens (including phenoxy) is 1. The predicted molar refractivity (Wildman–Crippen MR) is 107 cm³/mol. The Bertz CT molecular complexity index is 797. The Kier molecular flexibility index (Phi) is 7.37. The monoisotopic (exact) mass is 426 g/mol. The fraction of sp³-hybridized carbons (Fsp3) is 0.500. The van der Waals surface area contributed by atoms with E-state index in [4.69, 9.17) is 0 Å². The Morgan fingerprint density at radius 1 is 0.867 bits per heavy atom. The van der Waals surface area contributed by atoms with Crippen molar-refractivity contribution >= 4 is 0 Å². The summed E-state index contributed by atoms with van der Waals surface area (Å²) in [5.74, 6) is -2.90. The van der Waals surface area contributed by atoms with Gasteiger partial charge in [-0.15, -0.1) is 13.2 Å². The number of benzene rings is 2. The minimum absolute atomic E-state index is 0.172. The second-order valence-electron chi connectivity index (χ2n) is 8.15. The predicted octanol–water partition coefficient (Wildman–Crippen LogP) is 8.38. The van der Waals surface area contributed by atoms with Crippen LogP contribution in [0.15, 0.2) is 36.4 Å². The fourth-order valence-electron chi connectivity index (χ4n) is 4.35. The summed E-state index contributed by atoms with van der Waals surface area (Å²) in [6, 6.07) is 9.16. The summed E-state index contributed by atoms with van der Waals surface area (Å²) < 4.78 is 68.3. The fourth-order valence-corrected chi connectivity index (χ4v) is 4.35. The number of halogens is 5. The maximum atomic E-state index is 14.0. The first-order valence-electron chi connectivity index (χ1n) is 10.6. The zero-order chi connectivity index (χ0) is 21.7. The van der Waals surface area contributed by atoms with Crippen LogP contribution in [0.25, 0.3) is 11.1 Å². The van der Waals surface area contributed by atoms with Crippen molar-refractivity contribution in [3.63, 3.8) is 0 Å². The van der Waals surface area contributed by atoms with Crippen LogP contribution in [0.2, 0.25) is 0 Å². The second-order valence-corrected chi connectivity index (χ2v) is 8.15. The van der Waals surface area contributed by atoms with Crippen LogP contribution in [-0.4, -0.2) is 6.36 Å². The molecule has 2 aromatic rings. The highest BCUT2D eigenvalue weighted by Crippen LogP contribution is 2.39. The zero-order valence-electron chi connectivity index (χ0n) is 17.1. The van der Waals surface area contributed by atoms with E-state index < -0.39 is 23.7 Å². The van der Waals surface area contributed by atoms with Crippen LogP contribution >= 0.6 is 0 Å². The van der Waals surface area contributed by atoms with Crippen molar-refractivity contribution in [1.82, 2.24) is 0 Å². The van der Waals surface area contributed by atoms with Gasteiger partial charge in [0.05, 0.1) is 0 Å². The SMILES string of the molecule is CCCCCC1CCC(c2ccc(-c3cc(F)c(OC(F)(F)F)c(F)c3)cc2)CC1. The number of hydrogen-bond donors (Lipinski definition) is 0. The molecule has 0 saturated heterocycles. The van der Waals surface area contributed by atoms with Gasteiger partial charge in [0.25, 0.3) is 0 Å². The summed E-state index contributed by atoms with van der Waals surface area (Å²) in [5.41, 5.74) is 1.91. The van der Waals surface area contributed by atoms with Crippen molar-refractivity contribution in [1.29, 1.82) is 0 Å². The minimum Gasteiger partial charge on any atom is -0.399 e. The lowest BCUT2D eigenvalue weighted by atomic mass is 9.77. The van der Waals surface area contributed by atoms with E-state index in [9.17, 15) is 22.0 Å². The molecular weight excluding hydrogens is 399 g/mol. The second kappa shape index (κ2) is 9.80. The molecule has 0 aromatic heterocycles. The first kappa shape index (κ1) is 22.6. The van der Waals surface area contributed by atoms with E-state index in [-0.39, 0.29) is 5.56 Å². The van der Waals surface area contributed by atoms with Gasteiger partial charge in [0, 0.05) is 0 Å². The molecule has 0 heterocycles. The van der Waals surface area contributed by atoms with Crippen molar-refractivity contribution in [3.8, 4) is 16.9 Å². The first-order chi connectivity index (χ1) is 14.3. The molecule has 0 amide bonds. The Morgan fingerprint density at radius 2 is 1.47 bits per heavy atom. The van der Waals surface area contributed by atoms with E-state index >= 15 is 0 Å². The minimum atomic E-state index is -5.15. The van der Waals surface area contributed by atoms with Gasteiger partial charge in [0.15, 0.2) is 11.6 Å². The quantitative estimate of drug-likeness (QED) is 0.319. The van der Waals surface area contributed by atoms with Gasteiger partial charge in [-0.05, 0) is 66.3 Å². The number of rotatable bonds is 7. The van der Waals surface area contributed by atoms with Crippen LogP contribution in [0.4, 0.5) is 22.0 Å². The van der Waals surface area contributed by atoms with Crippen molar-refractivity contribution in [2.75, 3.05) is 0 Å². The molecule has 1 aliphatic carbocycles. The molecule has 0 N–H and O–H groups in total. The largest absolute Gasteiger partial charge is 0.573 e. The third-order valence-corrected chi connectivity index (χ3v) is 5.99. The molecule has 1 saturated carbocycles. The summed E-state index contributed by atoms with van der Waals surface area (Å²) in [5, 5.41) is 0. The molecule has 3 rings (SSSR count). The molecule has 0 spiro atoms. The molecule has 0 bridgehead atoms. The van der Waals surface area contributed by atoms with Crippen molar-refractivity contribution in [3.05, 3.63) is 53.6 Å². The van der Waals surface area contributed by atoms with Crippen LogP contribution in [0.3, 0.4) is 0 Å². The van der Waals surface area contributed by atoms with Gasteiger partial charge in [-0.1, -0.05) is 56.9 Å². The highest BCUT2D eigenvalue weighted by Gasteiger charge is 2.34. The van der Waals surface area contributed by atoms with Gasteiger partial charge < -0.3 is 4.74 Å². The summed E-state index contributed by atoms with van der Waals surface area (Å²) in [4.78, 5) is 0. The van der Waals surface area contributed by atoms with Gasteiger partial charge in [0.2, 0.25) is 5.75 Å². The molecule has 0 radical (unpaired) electrons. The normalized spacial score (nSPS) is 19.7. The molecule has 6 heteroatoms. The smallest absolute Gasteiger partial charge is 0.399 e. The van der Waals surface area contributed by atoms with Crippen LogP contribution in [-0.2, 0) is 0 Å². The van der Waals surface area contributed by atoms with Crippen LogP contribution < -0.4 is 4.74 Å². The number of hydrogen-bond acceptors (Lipinski definition) is 1. The molecule has 30 heavy (non-hydrogen) atoms. The molecule has 0 atom stereocenters. The Morgan fingerprint density at radius 3 is 2.00 bits per heavy atom. The van der Waals surface area contributed by atoms with Crippen molar-refractivity contribution in [2.24, 2.45) is 5.92 Å². The lowest BCUT2D eigenvalue weighted by Crippen LogP contribution is -2.19. The van der Waals surface area contributed by atoms with E-state index in [0.717, 1.165) is 30.9 Å². The number of alkyl halides is 3. The Labute approximate surface area is 174 Å². The third-order valence-electron chi connectivity index (χ3n) is 5.99. The van der Waals surface area contributed by atoms with E-state index in [2.05, 4.69) is 11.7 Å². The Balaban J connectivity index is 1.65. The van der Waals surface area contributed by atoms with Gasteiger partial charge in [-0.3, -0.25) is 0 Å². The average molecular weight is 426 g/mol. The van der Waals surface area contributed by atoms with E-state index in [0.29, 0.717) is 11.5 Å². The maximum Gasteiger partial charge on any atom is 0.573 e. The highest BCUT2D eigenvalue weighted by atomic mass is 19.4.